The Labute approximate surface area is 379 Å². The normalized spacial score (nSPS) is 17.0. The number of hydrazine groups is 1. The van der Waals surface area contributed by atoms with E-state index in [1.807, 2.05) is 44.2 Å². The number of benzene rings is 3. The van der Waals surface area contributed by atoms with Gasteiger partial charge in [0.15, 0.2) is 23.2 Å². The SMILES string of the molecule is CN(NC=O)c1ccc(C2CCN(c3cnc(C=NC(=N)CS(=O)(=O)N4CCC(Nc5cccc(-c6sc(C(=O)O)c(OCC=O)c6Cl)c5)CC4(C)C)[nH]3)CC2)c2cccc(C=O)c12. The zero-order valence-corrected chi connectivity index (χ0v) is 37.7. The molecule has 0 radical (unpaired) electrons. The standard InChI is InChI=1S/C44H48ClN9O8S2/c1-44(2)21-31(50-30-8-4-6-28(20-30)41-39(45)40(62-19-18-55)42(63-41)43(58)59)14-17-54(44)64(60,61)25-35(46)47-22-36-48-23-37(51-36)53-15-12-27(13-16-53)32-10-11-34(52(3)49-26-57)38-29(24-56)7-5-9-33(32)38/h4-11,18,20,22-24,26-27,31,46,50H,12-17,19,21,25H2,1-3H3,(H,48,51)(H,49,57)(H,58,59). The number of carboxylic acid groups (broad SMARTS) is 1. The van der Waals surface area contributed by atoms with Crippen LogP contribution < -0.4 is 25.4 Å². The van der Waals surface area contributed by atoms with Crippen molar-refractivity contribution in [3.63, 3.8) is 0 Å². The molecule has 1 amide bonds. The Hall–Kier alpha value is -6.15. The summed E-state index contributed by atoms with van der Waals surface area (Å²) in [7, 11) is -2.20. The van der Waals surface area contributed by atoms with Gasteiger partial charge >= 0.3 is 5.97 Å². The number of rotatable bonds is 17. The second kappa shape index (κ2) is 19.3. The summed E-state index contributed by atoms with van der Waals surface area (Å²) in [4.78, 5) is 60.3. The number of hydrogen-bond donors (Lipinski definition) is 5. The van der Waals surface area contributed by atoms with E-state index in [0.29, 0.717) is 47.4 Å². The number of aromatic carboxylic acids is 1. The Morgan fingerprint density at radius 1 is 1.12 bits per heavy atom. The first-order valence-corrected chi connectivity index (χ1v) is 23.3. The molecule has 0 spiro atoms. The van der Waals surface area contributed by atoms with Crippen molar-refractivity contribution in [3.05, 3.63) is 87.6 Å². The molecule has 5 aromatic rings. The average Bonchev–Trinajstić information content (AvgIpc) is 3.88. The number of carboxylic acids is 1. The summed E-state index contributed by atoms with van der Waals surface area (Å²) in [6.07, 6.45) is 7.64. The number of anilines is 3. The molecule has 2 saturated heterocycles. The van der Waals surface area contributed by atoms with Gasteiger partial charge in [0.1, 0.15) is 34.9 Å². The topological polar surface area (TPSA) is 231 Å². The Bertz CT molecular complexity index is 2730. The highest BCUT2D eigenvalue weighted by Gasteiger charge is 2.42. The largest absolute Gasteiger partial charge is 0.483 e. The summed E-state index contributed by atoms with van der Waals surface area (Å²) < 4.78 is 34.2. The highest BCUT2D eigenvalue weighted by Crippen LogP contribution is 2.46. The number of carbonyl (C=O) groups is 4. The zero-order chi connectivity index (χ0) is 45.8. The maximum atomic E-state index is 13.7. The summed E-state index contributed by atoms with van der Waals surface area (Å²) >= 11 is 7.48. The van der Waals surface area contributed by atoms with Crippen molar-refractivity contribution >= 4 is 97.9 Å². The minimum Gasteiger partial charge on any atom is -0.483 e. The van der Waals surface area contributed by atoms with Crippen LogP contribution in [0.15, 0.2) is 65.8 Å². The molecule has 0 aliphatic carbocycles. The fraction of sp³-hybridized carbons (Fsp3) is 0.341. The number of ether oxygens (including phenoxy) is 1. The van der Waals surface area contributed by atoms with E-state index >= 15 is 0 Å². The van der Waals surface area contributed by atoms with E-state index in [4.69, 9.17) is 21.7 Å². The van der Waals surface area contributed by atoms with Crippen molar-refractivity contribution in [3.8, 4) is 16.2 Å². The Kier molecular flexibility index (Phi) is 13.8. The summed E-state index contributed by atoms with van der Waals surface area (Å²) in [5.74, 6) is -0.779. The van der Waals surface area contributed by atoms with Crippen LogP contribution in [0, 0.1) is 5.41 Å². The number of sulfonamides is 1. The Morgan fingerprint density at radius 3 is 2.59 bits per heavy atom. The number of nitrogens with one attached hydrogen (secondary N) is 4. The molecule has 3 aromatic carbocycles. The molecule has 1 unspecified atom stereocenters. The number of piperidine rings is 2. The molecule has 64 heavy (non-hydrogen) atoms. The Morgan fingerprint density at radius 2 is 1.89 bits per heavy atom. The molecular weight excluding hydrogens is 882 g/mol. The van der Waals surface area contributed by atoms with Crippen LogP contribution in [0.5, 0.6) is 5.75 Å². The lowest BCUT2D eigenvalue weighted by Gasteiger charge is -2.44. The molecule has 0 bridgehead atoms. The van der Waals surface area contributed by atoms with Crippen LogP contribution in [0.3, 0.4) is 0 Å². The zero-order valence-electron chi connectivity index (χ0n) is 35.3. The predicted molar refractivity (Wildman–Crippen MR) is 250 cm³/mol. The molecule has 2 aliphatic rings. The van der Waals surface area contributed by atoms with Crippen LogP contribution >= 0.6 is 22.9 Å². The number of amides is 1. The number of amidine groups is 1. The number of thiophene rings is 1. The van der Waals surface area contributed by atoms with Crippen LogP contribution in [0.4, 0.5) is 17.2 Å². The summed E-state index contributed by atoms with van der Waals surface area (Å²) in [6, 6.07) is 16.8. The molecule has 1 atom stereocenters. The number of H-pyrrole nitrogens is 1. The highest BCUT2D eigenvalue weighted by molar-refractivity contribution is 7.89. The lowest BCUT2D eigenvalue weighted by Crippen LogP contribution is -2.56. The third-order valence-electron chi connectivity index (χ3n) is 11.6. The first-order valence-electron chi connectivity index (χ1n) is 20.5. The molecule has 7 rings (SSSR count). The molecule has 17 nitrogen and oxygen atoms in total. The molecule has 2 aliphatic heterocycles. The molecule has 2 fully saturated rings. The van der Waals surface area contributed by atoms with Gasteiger partial charge in [-0.1, -0.05) is 48.0 Å². The number of carbonyl (C=O) groups excluding carboxylic acids is 3. The van der Waals surface area contributed by atoms with Crippen molar-refractivity contribution in [2.45, 2.75) is 57.0 Å². The maximum absolute atomic E-state index is 13.7. The first-order chi connectivity index (χ1) is 30.6. The summed E-state index contributed by atoms with van der Waals surface area (Å²) in [5, 5.41) is 25.1. The fourth-order valence-corrected chi connectivity index (χ4v) is 11.9. The van der Waals surface area contributed by atoms with Crippen LogP contribution in [0.25, 0.3) is 21.2 Å². The maximum Gasteiger partial charge on any atom is 0.349 e. The fourth-order valence-electron chi connectivity index (χ4n) is 8.71. The number of aromatic nitrogens is 2. The van der Waals surface area contributed by atoms with Crippen molar-refractivity contribution in [2.24, 2.45) is 4.99 Å². The number of fused-ring (bicyclic) bond motifs is 1. The van der Waals surface area contributed by atoms with Crippen molar-refractivity contribution in [1.29, 1.82) is 5.41 Å². The number of aromatic amines is 1. The molecule has 2 aromatic heterocycles. The molecule has 4 heterocycles. The number of imidazole rings is 1. The summed E-state index contributed by atoms with van der Waals surface area (Å²) in [6.45, 7) is 5.05. The second-order valence-electron chi connectivity index (χ2n) is 16.2. The molecule has 5 N–H and O–H groups in total. The molecule has 336 valence electrons. The van der Waals surface area contributed by atoms with E-state index in [2.05, 4.69) is 36.7 Å². The van der Waals surface area contributed by atoms with Crippen LogP contribution in [0.2, 0.25) is 5.02 Å². The van der Waals surface area contributed by atoms with Crippen molar-refractivity contribution in [1.82, 2.24) is 19.7 Å². The van der Waals surface area contributed by atoms with Crippen LogP contribution in [-0.2, 0) is 19.6 Å². The lowest BCUT2D eigenvalue weighted by atomic mass is 9.85. The van der Waals surface area contributed by atoms with E-state index in [0.717, 1.165) is 77.1 Å². The van der Waals surface area contributed by atoms with Gasteiger partial charge in [-0.2, -0.15) is 4.31 Å². The predicted octanol–water partition coefficient (Wildman–Crippen LogP) is 6.60. The number of nitrogens with zero attached hydrogens (tertiary/aromatic N) is 5. The molecule has 20 heteroatoms. The minimum atomic E-state index is -3.92. The van der Waals surface area contributed by atoms with Gasteiger partial charge in [-0.05, 0) is 80.2 Å². The van der Waals surface area contributed by atoms with Gasteiger partial charge in [0.25, 0.3) is 0 Å². The van der Waals surface area contributed by atoms with Gasteiger partial charge in [0.2, 0.25) is 16.4 Å². The highest BCUT2D eigenvalue weighted by atomic mass is 35.5. The van der Waals surface area contributed by atoms with E-state index < -0.39 is 27.3 Å². The van der Waals surface area contributed by atoms with Gasteiger partial charge in [0.05, 0.1) is 23.0 Å². The van der Waals surface area contributed by atoms with Gasteiger partial charge in [-0.25, -0.2) is 23.2 Å². The minimum absolute atomic E-state index is 0.0567. The quantitative estimate of drug-likeness (QED) is 0.0288. The smallest absolute Gasteiger partial charge is 0.349 e. The van der Waals surface area contributed by atoms with Crippen molar-refractivity contribution in [2.75, 3.05) is 54.3 Å². The average molecular weight is 931 g/mol. The number of aldehydes is 2. The van der Waals surface area contributed by atoms with E-state index in [9.17, 15) is 32.7 Å². The first kappa shape index (κ1) is 45.9. The lowest BCUT2D eigenvalue weighted by molar-refractivity contribution is -0.110. The van der Waals surface area contributed by atoms with E-state index in [1.54, 1.807) is 36.5 Å². The van der Waals surface area contributed by atoms with Crippen LogP contribution in [-0.4, -0.2) is 115 Å². The third kappa shape index (κ3) is 9.81. The number of aliphatic imine (C=N–C) groups is 1. The van der Waals surface area contributed by atoms with Gasteiger partial charge in [-0.3, -0.25) is 30.2 Å². The monoisotopic (exact) mass is 929 g/mol. The molecule has 0 saturated carbocycles. The van der Waals surface area contributed by atoms with Gasteiger partial charge in [0, 0.05) is 54.9 Å². The van der Waals surface area contributed by atoms with E-state index in [-0.39, 0.29) is 46.6 Å². The number of halogens is 1. The second-order valence-corrected chi connectivity index (χ2v) is 19.5. The summed E-state index contributed by atoms with van der Waals surface area (Å²) in [5.41, 5.74) is 5.64. The molecular formula is C44H48ClN9O8S2. The van der Waals surface area contributed by atoms with Gasteiger partial charge < -0.3 is 25.0 Å². The number of hydrogen-bond acceptors (Lipinski definition) is 13. The van der Waals surface area contributed by atoms with Crippen LogP contribution in [0.1, 0.15) is 76.9 Å². The Balaban J connectivity index is 0.936. The van der Waals surface area contributed by atoms with E-state index in [1.165, 1.54) is 10.5 Å². The third-order valence-corrected chi connectivity index (χ3v) is 15.2. The van der Waals surface area contributed by atoms with Crippen molar-refractivity contribution < 1.29 is 37.4 Å². The van der Waals surface area contributed by atoms with Gasteiger partial charge in [-0.15, -0.1) is 11.3 Å².